The van der Waals surface area contributed by atoms with E-state index in [0.717, 1.165) is 11.3 Å². The largest absolute Gasteiger partial charge is 0.347 e. The molecular formula is C15H14N4O2S. The van der Waals surface area contributed by atoms with E-state index >= 15 is 0 Å². The smallest absolute Gasteiger partial charge is 0.287 e. The maximum absolute atomic E-state index is 12.1. The van der Waals surface area contributed by atoms with Crippen molar-refractivity contribution in [3.63, 3.8) is 0 Å². The number of rotatable bonds is 3. The van der Waals surface area contributed by atoms with Gasteiger partial charge in [-0.2, -0.15) is 0 Å². The first-order valence-electron chi connectivity index (χ1n) is 6.80. The molecule has 0 aliphatic carbocycles. The van der Waals surface area contributed by atoms with Crippen LogP contribution in [0.4, 0.5) is 0 Å². The molecule has 0 aromatic carbocycles. The van der Waals surface area contributed by atoms with Gasteiger partial charge in [-0.25, -0.2) is 4.98 Å². The lowest BCUT2D eigenvalue weighted by Gasteiger charge is -2.07. The fourth-order valence-corrected chi connectivity index (χ4v) is 2.96. The second-order valence-electron chi connectivity index (χ2n) is 5.08. The van der Waals surface area contributed by atoms with Gasteiger partial charge in [0.15, 0.2) is 5.82 Å². The van der Waals surface area contributed by atoms with E-state index in [-0.39, 0.29) is 17.4 Å². The average Bonchev–Trinajstić information content (AvgIpc) is 2.92. The number of fused-ring (bicyclic) bond motifs is 1. The van der Waals surface area contributed by atoms with Crippen molar-refractivity contribution in [3.8, 4) is 11.3 Å². The minimum absolute atomic E-state index is 0.0155. The molecule has 0 saturated carbocycles. The van der Waals surface area contributed by atoms with Crippen LogP contribution < -0.4 is 10.9 Å². The number of nitrogens with one attached hydrogen (secondary N) is 2. The minimum Gasteiger partial charge on any atom is -0.347 e. The first kappa shape index (κ1) is 14.4. The van der Waals surface area contributed by atoms with Crippen molar-refractivity contribution in [2.75, 3.05) is 0 Å². The zero-order chi connectivity index (χ0) is 15.7. The summed E-state index contributed by atoms with van der Waals surface area (Å²) in [4.78, 5) is 35.4. The van der Waals surface area contributed by atoms with Crippen LogP contribution in [0.3, 0.4) is 0 Å². The lowest BCUT2D eigenvalue weighted by Crippen LogP contribution is -2.32. The van der Waals surface area contributed by atoms with Crippen LogP contribution in [0, 0.1) is 0 Å². The predicted molar refractivity (Wildman–Crippen MR) is 86.1 cm³/mol. The summed E-state index contributed by atoms with van der Waals surface area (Å²) in [5.41, 5.74) is 1.67. The number of pyridine rings is 1. The summed E-state index contributed by atoms with van der Waals surface area (Å²) in [6.07, 6.45) is 1.68. The van der Waals surface area contributed by atoms with Crippen molar-refractivity contribution in [3.05, 3.63) is 46.0 Å². The van der Waals surface area contributed by atoms with Gasteiger partial charge in [-0.3, -0.25) is 14.6 Å². The van der Waals surface area contributed by atoms with Gasteiger partial charge in [0.05, 0.1) is 11.2 Å². The van der Waals surface area contributed by atoms with Crippen molar-refractivity contribution < 1.29 is 4.79 Å². The van der Waals surface area contributed by atoms with E-state index in [0.29, 0.717) is 10.2 Å². The van der Waals surface area contributed by atoms with Gasteiger partial charge in [0.25, 0.3) is 11.5 Å². The third-order valence-corrected chi connectivity index (χ3v) is 3.97. The molecular weight excluding hydrogens is 300 g/mol. The van der Waals surface area contributed by atoms with Crippen LogP contribution in [-0.2, 0) is 0 Å². The minimum atomic E-state index is -0.396. The average molecular weight is 314 g/mol. The molecule has 0 unspecified atom stereocenters. The molecule has 3 aromatic rings. The van der Waals surface area contributed by atoms with Gasteiger partial charge in [-0.1, -0.05) is 6.07 Å². The second kappa shape index (κ2) is 5.69. The van der Waals surface area contributed by atoms with Crippen LogP contribution in [-0.4, -0.2) is 26.9 Å². The van der Waals surface area contributed by atoms with Gasteiger partial charge in [-0.15, -0.1) is 11.3 Å². The lowest BCUT2D eigenvalue weighted by atomic mass is 10.2. The Balaban J connectivity index is 2.16. The van der Waals surface area contributed by atoms with E-state index in [2.05, 4.69) is 20.3 Å². The highest BCUT2D eigenvalue weighted by Crippen LogP contribution is 2.29. The normalized spacial score (nSPS) is 11.0. The molecule has 0 radical (unpaired) electrons. The molecule has 2 N–H and O–H groups in total. The second-order valence-corrected chi connectivity index (χ2v) is 5.96. The number of aromatic nitrogens is 3. The quantitative estimate of drug-likeness (QED) is 0.775. The van der Waals surface area contributed by atoms with Crippen LogP contribution in [0.2, 0.25) is 0 Å². The number of thiophene rings is 1. The summed E-state index contributed by atoms with van der Waals surface area (Å²) in [5, 5.41) is 4.55. The molecule has 0 spiro atoms. The van der Waals surface area contributed by atoms with Crippen LogP contribution in [0.15, 0.2) is 34.6 Å². The van der Waals surface area contributed by atoms with Crippen LogP contribution in [0.5, 0.6) is 0 Å². The Labute approximate surface area is 130 Å². The van der Waals surface area contributed by atoms with E-state index in [9.17, 15) is 9.59 Å². The van der Waals surface area contributed by atoms with Crippen molar-refractivity contribution in [2.45, 2.75) is 19.9 Å². The standard InChI is InChI=1S/C15H14N4O2S/c1-8(2)17-15(21)13-18-11-9(10-5-3-4-6-16-10)7-22-12(11)14(20)19-13/h3-8H,1-2H3,(H,17,21)(H,18,19,20). The molecule has 3 aromatic heterocycles. The van der Waals surface area contributed by atoms with Gasteiger partial charge in [0.2, 0.25) is 0 Å². The van der Waals surface area contributed by atoms with Crippen molar-refractivity contribution in [1.82, 2.24) is 20.3 Å². The number of hydrogen-bond donors (Lipinski definition) is 2. The predicted octanol–water partition coefficient (Wildman–Crippen LogP) is 2.18. The number of carbonyl (C=O) groups is 1. The highest BCUT2D eigenvalue weighted by Gasteiger charge is 2.16. The van der Waals surface area contributed by atoms with Crippen LogP contribution in [0.1, 0.15) is 24.5 Å². The van der Waals surface area contributed by atoms with E-state index in [1.54, 1.807) is 6.20 Å². The molecule has 0 atom stereocenters. The summed E-state index contributed by atoms with van der Waals surface area (Å²) >= 11 is 1.29. The summed E-state index contributed by atoms with van der Waals surface area (Å²) < 4.78 is 0.488. The van der Waals surface area contributed by atoms with E-state index in [4.69, 9.17) is 0 Å². The molecule has 0 aliphatic heterocycles. The molecule has 22 heavy (non-hydrogen) atoms. The van der Waals surface area contributed by atoms with Crippen molar-refractivity contribution in [1.29, 1.82) is 0 Å². The lowest BCUT2D eigenvalue weighted by molar-refractivity contribution is 0.0932. The third-order valence-electron chi connectivity index (χ3n) is 3.00. The maximum Gasteiger partial charge on any atom is 0.287 e. The zero-order valence-corrected chi connectivity index (χ0v) is 12.9. The molecule has 1 amide bonds. The Morgan fingerprint density at radius 2 is 2.18 bits per heavy atom. The number of amides is 1. The Hall–Kier alpha value is -2.54. The number of hydrogen-bond acceptors (Lipinski definition) is 5. The Bertz CT molecular complexity index is 883. The van der Waals surface area contributed by atoms with Crippen molar-refractivity contribution in [2.24, 2.45) is 0 Å². The van der Waals surface area contributed by atoms with Gasteiger partial charge < -0.3 is 10.3 Å². The summed E-state index contributed by atoms with van der Waals surface area (Å²) in [5.74, 6) is -0.381. The van der Waals surface area contributed by atoms with E-state index in [1.165, 1.54) is 11.3 Å². The zero-order valence-electron chi connectivity index (χ0n) is 12.1. The number of carbonyl (C=O) groups excluding carboxylic acids is 1. The molecule has 6 nitrogen and oxygen atoms in total. The molecule has 112 valence electrons. The summed E-state index contributed by atoms with van der Waals surface area (Å²) in [6.45, 7) is 3.69. The monoisotopic (exact) mass is 314 g/mol. The summed E-state index contributed by atoms with van der Waals surface area (Å²) in [6, 6.07) is 5.50. The highest BCUT2D eigenvalue weighted by atomic mass is 32.1. The molecule has 3 rings (SSSR count). The maximum atomic E-state index is 12.1. The number of nitrogens with zero attached hydrogens (tertiary/aromatic N) is 2. The van der Waals surface area contributed by atoms with Gasteiger partial charge in [-0.05, 0) is 26.0 Å². The first-order valence-corrected chi connectivity index (χ1v) is 7.68. The Morgan fingerprint density at radius 3 is 2.86 bits per heavy atom. The molecule has 0 fully saturated rings. The molecule has 0 bridgehead atoms. The fraction of sp³-hybridized carbons (Fsp3) is 0.200. The van der Waals surface area contributed by atoms with Crippen LogP contribution in [0.25, 0.3) is 21.5 Å². The van der Waals surface area contributed by atoms with Gasteiger partial charge in [0, 0.05) is 23.2 Å². The summed E-state index contributed by atoms with van der Waals surface area (Å²) in [7, 11) is 0. The third kappa shape index (κ3) is 2.62. The Kier molecular flexibility index (Phi) is 3.72. The van der Waals surface area contributed by atoms with Gasteiger partial charge >= 0.3 is 0 Å². The first-order chi connectivity index (χ1) is 10.6. The molecule has 7 heteroatoms. The Morgan fingerprint density at radius 1 is 1.36 bits per heavy atom. The topological polar surface area (TPSA) is 87.7 Å². The SMILES string of the molecule is CC(C)NC(=O)c1nc2c(-c3ccccn3)csc2c(=O)[nH]1. The van der Waals surface area contributed by atoms with E-state index in [1.807, 2.05) is 37.4 Å². The van der Waals surface area contributed by atoms with Crippen LogP contribution >= 0.6 is 11.3 Å². The number of aromatic amines is 1. The molecule has 0 saturated heterocycles. The molecule has 3 heterocycles. The highest BCUT2D eigenvalue weighted by molar-refractivity contribution is 7.17. The fourth-order valence-electron chi connectivity index (χ4n) is 2.07. The molecule has 0 aliphatic rings. The van der Waals surface area contributed by atoms with Gasteiger partial charge in [0.1, 0.15) is 4.70 Å². The van der Waals surface area contributed by atoms with Crippen molar-refractivity contribution >= 4 is 27.5 Å². The number of H-pyrrole nitrogens is 1. The van der Waals surface area contributed by atoms with E-state index < -0.39 is 5.91 Å².